The number of esters is 1. The number of rotatable bonds is 5. The Bertz CT molecular complexity index is 1030. The van der Waals surface area contributed by atoms with Gasteiger partial charge in [-0.25, -0.2) is 9.78 Å². The zero-order valence-corrected chi connectivity index (χ0v) is 15.7. The highest BCUT2D eigenvalue weighted by Crippen LogP contribution is 2.27. The number of nitrogens with zero attached hydrogens (tertiary/aromatic N) is 2. The van der Waals surface area contributed by atoms with Crippen LogP contribution in [0.15, 0.2) is 42.5 Å². The summed E-state index contributed by atoms with van der Waals surface area (Å²) in [7, 11) is 0. The molecule has 138 valence electrons. The number of carbonyl (C=O) groups is 2. The van der Waals surface area contributed by atoms with Crippen LogP contribution in [0.25, 0.3) is 11.0 Å². The Labute approximate surface area is 160 Å². The van der Waals surface area contributed by atoms with E-state index in [2.05, 4.69) is 10.3 Å². The fourth-order valence-corrected chi connectivity index (χ4v) is 3.74. The molecule has 0 fully saturated rings. The van der Waals surface area contributed by atoms with E-state index in [4.69, 9.17) is 4.74 Å². The van der Waals surface area contributed by atoms with Crippen LogP contribution >= 0.6 is 11.8 Å². The molecule has 4 rings (SSSR count). The third kappa shape index (κ3) is 3.68. The van der Waals surface area contributed by atoms with Crippen molar-refractivity contribution in [2.45, 2.75) is 25.1 Å². The molecule has 7 heteroatoms. The van der Waals surface area contributed by atoms with Gasteiger partial charge in [0.25, 0.3) is 0 Å². The van der Waals surface area contributed by atoms with Crippen molar-refractivity contribution in [3.63, 3.8) is 0 Å². The normalized spacial score (nSPS) is 13.3. The molecule has 0 radical (unpaired) electrons. The average molecular weight is 381 g/mol. The van der Waals surface area contributed by atoms with Crippen molar-refractivity contribution in [1.29, 1.82) is 0 Å². The number of anilines is 1. The monoisotopic (exact) mass is 381 g/mol. The molecule has 2 aromatic carbocycles. The molecule has 1 N–H and O–H groups in total. The SMILES string of the molecule is CSCc1nc2ccccc2n1CC(=O)Oc1ccc2c(c1)CCC(=O)N2. The molecule has 0 saturated carbocycles. The molecule has 1 amide bonds. The summed E-state index contributed by atoms with van der Waals surface area (Å²) < 4.78 is 7.47. The topological polar surface area (TPSA) is 73.2 Å². The third-order valence-corrected chi connectivity index (χ3v) is 5.05. The van der Waals surface area contributed by atoms with E-state index in [9.17, 15) is 9.59 Å². The van der Waals surface area contributed by atoms with Crippen molar-refractivity contribution in [1.82, 2.24) is 9.55 Å². The first-order valence-electron chi connectivity index (χ1n) is 8.70. The lowest BCUT2D eigenvalue weighted by Crippen LogP contribution is -2.20. The van der Waals surface area contributed by atoms with Gasteiger partial charge in [0, 0.05) is 12.1 Å². The number of imidazole rings is 1. The maximum Gasteiger partial charge on any atom is 0.331 e. The van der Waals surface area contributed by atoms with Gasteiger partial charge in [-0.1, -0.05) is 12.1 Å². The number of benzene rings is 2. The number of aryl methyl sites for hydroxylation is 1. The van der Waals surface area contributed by atoms with Gasteiger partial charge < -0.3 is 14.6 Å². The lowest BCUT2D eigenvalue weighted by atomic mass is 10.0. The van der Waals surface area contributed by atoms with Gasteiger partial charge in [-0.2, -0.15) is 11.8 Å². The van der Waals surface area contributed by atoms with Crippen molar-refractivity contribution in [3.05, 3.63) is 53.9 Å². The quantitative estimate of drug-likeness (QED) is 0.542. The van der Waals surface area contributed by atoms with Crippen LogP contribution in [0.4, 0.5) is 5.69 Å². The van der Waals surface area contributed by atoms with E-state index in [0.717, 1.165) is 33.9 Å². The maximum absolute atomic E-state index is 12.6. The summed E-state index contributed by atoms with van der Waals surface area (Å²) in [6.45, 7) is 0.101. The highest BCUT2D eigenvalue weighted by Gasteiger charge is 2.17. The molecule has 6 nitrogen and oxygen atoms in total. The average Bonchev–Trinajstić information content (AvgIpc) is 2.99. The van der Waals surface area contributed by atoms with Crippen molar-refractivity contribution >= 4 is 40.4 Å². The van der Waals surface area contributed by atoms with E-state index < -0.39 is 0 Å². The Balaban J connectivity index is 1.54. The van der Waals surface area contributed by atoms with E-state index in [0.29, 0.717) is 18.6 Å². The summed E-state index contributed by atoms with van der Waals surface area (Å²) in [5.74, 6) is 1.74. The van der Waals surface area contributed by atoms with Crippen LogP contribution in [0.1, 0.15) is 17.8 Å². The van der Waals surface area contributed by atoms with Crippen LogP contribution < -0.4 is 10.1 Å². The van der Waals surface area contributed by atoms with Gasteiger partial charge in [0.15, 0.2) is 0 Å². The largest absolute Gasteiger partial charge is 0.425 e. The van der Waals surface area contributed by atoms with Gasteiger partial charge in [-0.15, -0.1) is 0 Å². The van der Waals surface area contributed by atoms with E-state index in [-0.39, 0.29) is 18.4 Å². The third-order valence-electron chi connectivity index (χ3n) is 4.50. The maximum atomic E-state index is 12.6. The van der Waals surface area contributed by atoms with Gasteiger partial charge in [0.05, 0.1) is 16.8 Å². The number of thioether (sulfide) groups is 1. The fraction of sp³-hybridized carbons (Fsp3) is 0.250. The fourth-order valence-electron chi connectivity index (χ4n) is 3.26. The number of fused-ring (bicyclic) bond motifs is 2. The van der Waals surface area contributed by atoms with E-state index in [1.54, 1.807) is 23.9 Å². The van der Waals surface area contributed by atoms with Gasteiger partial charge in [0.1, 0.15) is 18.1 Å². The lowest BCUT2D eigenvalue weighted by Gasteiger charge is -2.17. The number of ether oxygens (including phenoxy) is 1. The van der Waals surface area contributed by atoms with Crippen LogP contribution in [0.3, 0.4) is 0 Å². The molecule has 27 heavy (non-hydrogen) atoms. The number of hydrogen-bond donors (Lipinski definition) is 1. The van der Waals surface area contributed by atoms with Gasteiger partial charge in [-0.05, 0) is 48.6 Å². The van der Waals surface area contributed by atoms with Gasteiger partial charge >= 0.3 is 5.97 Å². The minimum Gasteiger partial charge on any atom is -0.425 e. The van der Waals surface area contributed by atoms with Crippen LogP contribution in [-0.4, -0.2) is 27.7 Å². The van der Waals surface area contributed by atoms with Crippen LogP contribution in [0.2, 0.25) is 0 Å². The predicted octanol–water partition coefficient (Wildman–Crippen LogP) is 3.39. The first kappa shape index (κ1) is 17.6. The standard InChI is InChI=1S/C20H19N3O3S/c1-27-12-18-21-16-4-2-3-5-17(16)23(18)11-20(25)26-14-7-8-15-13(10-14)6-9-19(24)22-15/h2-5,7-8,10H,6,9,11-12H2,1H3,(H,22,24). The van der Waals surface area contributed by atoms with Crippen molar-refractivity contribution in [2.24, 2.45) is 0 Å². The molecular formula is C20H19N3O3S. The Hall–Kier alpha value is -2.80. The molecular weight excluding hydrogens is 362 g/mol. The number of aromatic nitrogens is 2. The first-order chi connectivity index (χ1) is 13.1. The number of para-hydroxylation sites is 2. The second kappa shape index (κ2) is 7.44. The summed E-state index contributed by atoms with van der Waals surface area (Å²) in [6.07, 6.45) is 3.11. The highest BCUT2D eigenvalue weighted by molar-refractivity contribution is 7.97. The lowest BCUT2D eigenvalue weighted by molar-refractivity contribution is -0.135. The van der Waals surface area contributed by atoms with Crippen LogP contribution in [0.5, 0.6) is 5.75 Å². The van der Waals surface area contributed by atoms with Gasteiger partial charge in [0.2, 0.25) is 5.91 Å². The minimum absolute atomic E-state index is 0.0144. The molecule has 0 unspecified atom stereocenters. The second-order valence-electron chi connectivity index (χ2n) is 6.38. The predicted molar refractivity (Wildman–Crippen MR) is 106 cm³/mol. The molecule has 0 atom stereocenters. The summed E-state index contributed by atoms with van der Waals surface area (Å²) in [5, 5.41) is 2.82. The summed E-state index contributed by atoms with van der Waals surface area (Å²) in [4.78, 5) is 28.6. The van der Waals surface area contributed by atoms with Crippen LogP contribution in [-0.2, 0) is 28.3 Å². The number of carbonyl (C=O) groups excluding carboxylic acids is 2. The second-order valence-corrected chi connectivity index (χ2v) is 7.24. The number of amides is 1. The molecule has 3 aromatic rings. The van der Waals surface area contributed by atoms with Crippen molar-refractivity contribution in [2.75, 3.05) is 11.6 Å². The summed E-state index contributed by atoms with van der Waals surface area (Å²) in [6, 6.07) is 13.1. The number of hydrogen-bond acceptors (Lipinski definition) is 5. The molecule has 0 saturated heterocycles. The summed E-state index contributed by atoms with van der Waals surface area (Å²) in [5.41, 5.74) is 3.57. The zero-order chi connectivity index (χ0) is 18.8. The highest BCUT2D eigenvalue weighted by atomic mass is 32.2. The molecule has 0 spiro atoms. The molecule has 2 heterocycles. The smallest absolute Gasteiger partial charge is 0.331 e. The molecule has 0 aliphatic carbocycles. The molecule has 1 aromatic heterocycles. The zero-order valence-electron chi connectivity index (χ0n) is 14.9. The van der Waals surface area contributed by atoms with E-state index >= 15 is 0 Å². The van der Waals surface area contributed by atoms with Crippen LogP contribution in [0, 0.1) is 0 Å². The summed E-state index contributed by atoms with van der Waals surface area (Å²) >= 11 is 1.66. The Morgan fingerprint density at radius 3 is 2.96 bits per heavy atom. The first-order valence-corrected chi connectivity index (χ1v) is 10.1. The molecule has 0 bridgehead atoms. The molecule has 1 aliphatic rings. The minimum atomic E-state index is -0.347. The van der Waals surface area contributed by atoms with E-state index in [1.807, 2.05) is 41.2 Å². The Morgan fingerprint density at radius 2 is 2.11 bits per heavy atom. The van der Waals surface area contributed by atoms with Gasteiger partial charge in [-0.3, -0.25) is 4.79 Å². The number of nitrogens with one attached hydrogen (secondary N) is 1. The molecule has 1 aliphatic heterocycles. The van der Waals surface area contributed by atoms with Crippen molar-refractivity contribution in [3.8, 4) is 5.75 Å². The van der Waals surface area contributed by atoms with Crippen molar-refractivity contribution < 1.29 is 14.3 Å². The van der Waals surface area contributed by atoms with E-state index in [1.165, 1.54) is 0 Å². The Morgan fingerprint density at radius 1 is 1.26 bits per heavy atom. The Kier molecular flexibility index (Phi) is 4.85.